The second-order valence-corrected chi connectivity index (χ2v) is 12.3. The van der Waals surface area contributed by atoms with Crippen molar-refractivity contribution < 1.29 is 23.7 Å². The molecule has 0 amide bonds. The number of aromatic nitrogens is 1. The highest BCUT2D eigenvalue weighted by atomic mass is 79.9. The zero-order valence-corrected chi connectivity index (χ0v) is 29.8. The quantitative estimate of drug-likeness (QED) is 0.0804. The minimum absolute atomic E-state index is 0.0330. The van der Waals surface area contributed by atoms with Gasteiger partial charge in [0.1, 0.15) is 36.5 Å². The minimum atomic E-state index is -0.0330. The van der Waals surface area contributed by atoms with Crippen molar-refractivity contribution in [1.82, 2.24) is 10.3 Å². The summed E-state index contributed by atoms with van der Waals surface area (Å²) in [6.07, 6.45) is 4.07. The van der Waals surface area contributed by atoms with E-state index in [4.69, 9.17) is 46.9 Å². The number of methoxy groups -OCH3 is 2. The lowest BCUT2D eigenvalue weighted by Crippen LogP contribution is -2.36. The zero-order valence-electron chi connectivity index (χ0n) is 26.7. The van der Waals surface area contributed by atoms with Crippen LogP contribution in [0.1, 0.15) is 34.2 Å². The molecule has 0 bridgehead atoms. The predicted octanol–water partition coefficient (Wildman–Crippen LogP) is 8.31. The number of benzene rings is 3. The van der Waals surface area contributed by atoms with Gasteiger partial charge in [0.2, 0.25) is 0 Å². The van der Waals surface area contributed by atoms with E-state index in [-0.39, 0.29) is 19.3 Å². The lowest BCUT2D eigenvalue weighted by atomic mass is 9.96. The van der Waals surface area contributed by atoms with E-state index in [9.17, 15) is 5.26 Å². The van der Waals surface area contributed by atoms with E-state index in [2.05, 4.69) is 32.3 Å². The Morgan fingerprint density at radius 2 is 1.62 bits per heavy atom. The van der Waals surface area contributed by atoms with Crippen molar-refractivity contribution in [3.8, 4) is 34.4 Å². The number of ether oxygens (including phenoxy) is 5. The number of nitriles is 1. The lowest BCUT2D eigenvalue weighted by Gasteiger charge is -2.20. The van der Waals surface area contributed by atoms with Gasteiger partial charge >= 0.3 is 0 Å². The molecule has 1 aromatic heterocycles. The highest BCUT2D eigenvalue weighted by Crippen LogP contribution is 2.38. The van der Waals surface area contributed by atoms with Gasteiger partial charge in [0.15, 0.2) is 0 Å². The largest absolute Gasteiger partial charge is 0.492 e. The first-order chi connectivity index (χ1) is 22.9. The molecule has 4 aromatic rings. The van der Waals surface area contributed by atoms with Crippen molar-refractivity contribution in [2.45, 2.75) is 39.1 Å². The second-order valence-electron chi connectivity index (χ2n) is 10.7. The van der Waals surface area contributed by atoms with Gasteiger partial charge in [-0.2, -0.15) is 5.26 Å². The van der Waals surface area contributed by atoms with Gasteiger partial charge < -0.3 is 29.0 Å². The van der Waals surface area contributed by atoms with E-state index in [1.54, 1.807) is 32.5 Å². The molecule has 1 N–H and O–H groups in total. The summed E-state index contributed by atoms with van der Waals surface area (Å²) in [7, 11) is 3.30. The summed E-state index contributed by atoms with van der Waals surface area (Å²) in [5.74, 6) is 1.72. The monoisotopic (exact) mass is 741 g/mol. The van der Waals surface area contributed by atoms with E-state index in [0.717, 1.165) is 45.1 Å². The van der Waals surface area contributed by atoms with Crippen LogP contribution in [0.5, 0.6) is 17.2 Å². The van der Waals surface area contributed by atoms with E-state index >= 15 is 0 Å². The Labute approximate surface area is 295 Å². The summed E-state index contributed by atoms with van der Waals surface area (Å²) < 4.78 is 29.1. The molecule has 0 aliphatic rings. The van der Waals surface area contributed by atoms with Crippen LogP contribution < -0.4 is 19.5 Å². The molecule has 0 radical (unpaired) electrons. The third kappa shape index (κ3) is 10.3. The minimum Gasteiger partial charge on any atom is -0.492 e. The highest BCUT2D eigenvalue weighted by molar-refractivity contribution is 9.09. The summed E-state index contributed by atoms with van der Waals surface area (Å²) in [5, 5.41) is 14.6. The fraction of sp³-hybridized carbons (Fsp3) is 0.333. The molecule has 4 rings (SSSR count). The summed E-state index contributed by atoms with van der Waals surface area (Å²) >= 11 is 17.0. The van der Waals surface area contributed by atoms with Crippen LogP contribution in [0, 0.1) is 18.3 Å². The number of nitrogens with zero attached hydrogens (tertiary/aromatic N) is 2. The fourth-order valence-electron chi connectivity index (χ4n) is 4.92. The molecular weight excluding hydrogens is 705 g/mol. The molecule has 0 unspecified atom stereocenters. The molecule has 47 heavy (non-hydrogen) atoms. The Morgan fingerprint density at radius 3 is 2.36 bits per heavy atom. The first kappa shape index (κ1) is 36.5. The Bertz CT molecular complexity index is 1660. The highest BCUT2D eigenvalue weighted by Gasteiger charge is 2.17. The summed E-state index contributed by atoms with van der Waals surface area (Å²) in [4.78, 5) is 4.14. The molecule has 8 nitrogen and oxygen atoms in total. The van der Waals surface area contributed by atoms with E-state index in [1.165, 1.54) is 6.20 Å². The van der Waals surface area contributed by atoms with Crippen LogP contribution in [0.3, 0.4) is 0 Å². The van der Waals surface area contributed by atoms with Crippen molar-refractivity contribution in [3.05, 3.63) is 105 Å². The fourth-order valence-corrected chi connectivity index (χ4v) is 5.68. The Kier molecular flexibility index (Phi) is 14.6. The standard InChI is InChI=1S/C36H38BrCl2N3O5/c1-24-27(7-4-8-30(24)31-9-5-10-33(36(31)39)45-12-6-11-37)21-47-35-15-34(46-20-26-13-25(16-40)17-41-18-26)28(14-32(35)38)19-42-29(22-43-2)23-44-3/h4-5,7-10,13-15,17-18,29,42H,6,11-12,19-23H2,1-3H3. The third-order valence-electron chi connectivity index (χ3n) is 7.37. The maximum Gasteiger partial charge on any atom is 0.142 e. The topological polar surface area (TPSA) is 94.9 Å². The number of pyridine rings is 1. The molecule has 0 aliphatic heterocycles. The first-order valence-electron chi connectivity index (χ1n) is 15.1. The molecule has 0 fully saturated rings. The molecule has 11 heteroatoms. The van der Waals surface area contributed by atoms with Crippen LogP contribution >= 0.6 is 39.1 Å². The molecule has 0 aliphatic carbocycles. The average Bonchev–Trinajstić information content (AvgIpc) is 3.08. The van der Waals surface area contributed by atoms with Gasteiger partial charge in [0.05, 0.1) is 41.5 Å². The molecule has 0 spiro atoms. The van der Waals surface area contributed by atoms with Crippen LogP contribution in [0.4, 0.5) is 0 Å². The lowest BCUT2D eigenvalue weighted by molar-refractivity contribution is 0.102. The third-order valence-corrected chi connectivity index (χ3v) is 8.61. The average molecular weight is 744 g/mol. The molecule has 0 saturated heterocycles. The second kappa shape index (κ2) is 18.8. The summed E-state index contributed by atoms with van der Waals surface area (Å²) in [5.41, 5.74) is 5.96. The summed E-state index contributed by atoms with van der Waals surface area (Å²) in [6.45, 7) is 4.50. The predicted molar refractivity (Wildman–Crippen MR) is 189 cm³/mol. The van der Waals surface area contributed by atoms with Crippen LogP contribution in [0.25, 0.3) is 11.1 Å². The van der Waals surface area contributed by atoms with Gasteiger partial charge in [-0.05, 0) is 48.2 Å². The molecule has 248 valence electrons. The SMILES string of the molecule is COCC(COC)NCc1cc(Cl)c(OCc2cccc(-c3cccc(OCCCBr)c3Cl)c2C)cc1OCc1cncc(C#N)c1. The van der Waals surface area contributed by atoms with Crippen molar-refractivity contribution in [3.63, 3.8) is 0 Å². The molecule has 0 saturated carbocycles. The number of halogens is 3. The van der Waals surface area contributed by atoms with Crippen molar-refractivity contribution >= 4 is 39.1 Å². The Balaban J connectivity index is 1.57. The van der Waals surface area contributed by atoms with Crippen LogP contribution in [0.15, 0.2) is 67.0 Å². The number of rotatable bonds is 18. The van der Waals surface area contributed by atoms with Gasteiger partial charge in [-0.25, -0.2) is 0 Å². The van der Waals surface area contributed by atoms with Crippen molar-refractivity contribution in [2.75, 3.05) is 39.4 Å². The number of hydrogen-bond acceptors (Lipinski definition) is 8. The van der Waals surface area contributed by atoms with Gasteiger partial charge in [-0.1, -0.05) is 69.5 Å². The van der Waals surface area contributed by atoms with Crippen molar-refractivity contribution in [2.24, 2.45) is 0 Å². The smallest absolute Gasteiger partial charge is 0.142 e. The Hall–Kier alpha value is -3.36. The number of hydrogen-bond donors (Lipinski definition) is 1. The maximum absolute atomic E-state index is 9.28. The number of nitrogens with one attached hydrogen (secondary N) is 1. The normalized spacial score (nSPS) is 11.0. The molecular formula is C36H38BrCl2N3O5. The van der Waals surface area contributed by atoms with Gasteiger partial charge in [-0.3, -0.25) is 4.98 Å². The van der Waals surface area contributed by atoms with E-state index in [0.29, 0.717) is 59.2 Å². The zero-order chi connectivity index (χ0) is 33.6. The van der Waals surface area contributed by atoms with Crippen LogP contribution in [-0.4, -0.2) is 50.4 Å². The van der Waals surface area contributed by atoms with E-state index < -0.39 is 0 Å². The first-order valence-corrected chi connectivity index (χ1v) is 17.0. The molecule has 3 aromatic carbocycles. The van der Waals surface area contributed by atoms with Gasteiger partial charge in [-0.15, -0.1) is 0 Å². The van der Waals surface area contributed by atoms with Gasteiger partial charge in [0.25, 0.3) is 0 Å². The Morgan fingerprint density at radius 1 is 0.872 bits per heavy atom. The number of alkyl halides is 1. The van der Waals surface area contributed by atoms with Crippen LogP contribution in [-0.2, 0) is 29.2 Å². The summed E-state index contributed by atoms with van der Waals surface area (Å²) in [6, 6.07) is 19.3. The molecule has 0 atom stereocenters. The molecule has 1 heterocycles. The van der Waals surface area contributed by atoms with Crippen LogP contribution in [0.2, 0.25) is 10.0 Å². The maximum atomic E-state index is 9.28. The van der Waals surface area contributed by atoms with Gasteiger partial charge in [0, 0.05) is 61.2 Å². The van der Waals surface area contributed by atoms with Crippen molar-refractivity contribution in [1.29, 1.82) is 5.26 Å². The van der Waals surface area contributed by atoms with E-state index in [1.807, 2.05) is 49.4 Å².